The number of aryl methyl sites for hydroxylation is 1. The second-order valence-corrected chi connectivity index (χ2v) is 5.97. The highest BCUT2D eigenvalue weighted by atomic mass is 35.5. The first kappa shape index (κ1) is 14.6. The van der Waals surface area contributed by atoms with Crippen LogP contribution in [0.1, 0.15) is 42.3 Å². The Morgan fingerprint density at radius 1 is 1.26 bits per heavy atom. The summed E-state index contributed by atoms with van der Waals surface area (Å²) in [5.74, 6) is 0. The molecule has 1 heterocycles. The van der Waals surface area contributed by atoms with Gasteiger partial charge >= 0.3 is 0 Å². The number of hydrogen-bond acceptors (Lipinski definition) is 2. The largest absolute Gasteiger partial charge is 0.306 e. The molecule has 1 unspecified atom stereocenters. The molecule has 0 saturated heterocycles. The molecule has 0 aliphatic carbocycles. The van der Waals surface area contributed by atoms with Gasteiger partial charge in [0.05, 0.1) is 11.1 Å². The molecule has 0 radical (unpaired) electrons. The van der Waals surface area contributed by atoms with E-state index < -0.39 is 0 Å². The van der Waals surface area contributed by atoms with Crippen LogP contribution in [0.3, 0.4) is 0 Å². The minimum absolute atomic E-state index is 0.203. The Hall–Kier alpha value is -0.830. The fourth-order valence-electron chi connectivity index (χ4n) is 2.29. The summed E-state index contributed by atoms with van der Waals surface area (Å²) in [5.41, 5.74) is 2.70. The molecule has 2 aromatic rings. The van der Waals surface area contributed by atoms with Crippen molar-refractivity contribution in [1.29, 1.82) is 0 Å². The van der Waals surface area contributed by atoms with Gasteiger partial charge in [0.25, 0.3) is 0 Å². The van der Waals surface area contributed by atoms with Crippen LogP contribution in [0, 0.1) is 0 Å². The molecule has 0 spiro atoms. The van der Waals surface area contributed by atoms with Crippen molar-refractivity contribution in [2.75, 3.05) is 6.54 Å². The fraction of sp³-hybridized carbons (Fsp3) is 0.375. The standard InChI is InChI=1S/C16H20ClNS/c1-3-6-12-7-5-8-13(11-12)15(18-4-2)16-14(17)9-10-19-16/h5,7-11,15,18H,3-4,6H2,1-2H3. The highest BCUT2D eigenvalue weighted by Crippen LogP contribution is 2.33. The Balaban J connectivity index is 2.33. The summed E-state index contributed by atoms with van der Waals surface area (Å²) in [6.07, 6.45) is 2.31. The number of thiophene rings is 1. The van der Waals surface area contributed by atoms with Crippen molar-refractivity contribution >= 4 is 22.9 Å². The molecule has 0 amide bonds. The van der Waals surface area contributed by atoms with Crippen molar-refractivity contribution in [3.8, 4) is 0 Å². The van der Waals surface area contributed by atoms with Gasteiger partial charge in [-0.05, 0) is 35.5 Å². The van der Waals surface area contributed by atoms with Crippen LogP contribution in [0.25, 0.3) is 0 Å². The molecule has 2 rings (SSSR count). The molecule has 19 heavy (non-hydrogen) atoms. The first-order valence-electron chi connectivity index (χ1n) is 6.81. The van der Waals surface area contributed by atoms with Gasteiger partial charge in [-0.25, -0.2) is 0 Å². The van der Waals surface area contributed by atoms with Gasteiger partial charge in [0.2, 0.25) is 0 Å². The zero-order valence-corrected chi connectivity index (χ0v) is 13.0. The third-order valence-corrected chi connectivity index (χ3v) is 4.56. The van der Waals surface area contributed by atoms with Gasteiger partial charge in [0.15, 0.2) is 0 Å². The predicted molar refractivity (Wildman–Crippen MR) is 85.3 cm³/mol. The Labute approximate surface area is 124 Å². The molecule has 1 aromatic carbocycles. The van der Waals surface area contributed by atoms with Gasteiger partial charge in [0.1, 0.15) is 0 Å². The van der Waals surface area contributed by atoms with Gasteiger partial charge in [-0.3, -0.25) is 0 Å². The van der Waals surface area contributed by atoms with Gasteiger partial charge in [0, 0.05) is 4.88 Å². The molecular weight excluding hydrogens is 274 g/mol. The van der Waals surface area contributed by atoms with Gasteiger partial charge in [-0.15, -0.1) is 11.3 Å². The maximum absolute atomic E-state index is 6.29. The van der Waals surface area contributed by atoms with E-state index in [-0.39, 0.29) is 6.04 Å². The van der Waals surface area contributed by atoms with Crippen LogP contribution in [0.2, 0.25) is 5.02 Å². The fourth-order valence-corrected chi connectivity index (χ4v) is 3.56. The van der Waals surface area contributed by atoms with Crippen LogP contribution >= 0.6 is 22.9 Å². The Morgan fingerprint density at radius 2 is 2.11 bits per heavy atom. The molecule has 1 aromatic heterocycles. The molecule has 0 bridgehead atoms. The summed E-state index contributed by atoms with van der Waals surface area (Å²) in [6, 6.07) is 11.0. The van der Waals surface area contributed by atoms with Crippen LogP contribution in [0.15, 0.2) is 35.7 Å². The molecule has 0 aliphatic heterocycles. The first-order valence-corrected chi connectivity index (χ1v) is 8.07. The molecule has 102 valence electrons. The van der Waals surface area contributed by atoms with E-state index in [0.29, 0.717) is 0 Å². The smallest absolute Gasteiger partial charge is 0.0686 e. The normalized spacial score (nSPS) is 12.6. The predicted octanol–water partition coefficient (Wildman–Crippen LogP) is 5.05. The van der Waals surface area contributed by atoms with Crippen LogP contribution in [0.5, 0.6) is 0 Å². The van der Waals surface area contributed by atoms with E-state index in [4.69, 9.17) is 11.6 Å². The van der Waals surface area contributed by atoms with Crippen molar-refractivity contribution in [1.82, 2.24) is 5.32 Å². The lowest BCUT2D eigenvalue weighted by Crippen LogP contribution is -2.21. The van der Waals surface area contributed by atoms with Crippen molar-refractivity contribution in [2.45, 2.75) is 32.7 Å². The molecular formula is C16H20ClNS. The van der Waals surface area contributed by atoms with E-state index in [0.717, 1.165) is 18.0 Å². The lowest BCUT2D eigenvalue weighted by molar-refractivity contribution is 0.639. The van der Waals surface area contributed by atoms with Crippen LogP contribution in [-0.2, 0) is 6.42 Å². The van der Waals surface area contributed by atoms with Crippen molar-refractivity contribution < 1.29 is 0 Å². The topological polar surface area (TPSA) is 12.0 Å². The summed E-state index contributed by atoms with van der Waals surface area (Å²) < 4.78 is 0. The average molecular weight is 294 g/mol. The van der Waals surface area contributed by atoms with E-state index in [1.165, 1.54) is 22.4 Å². The Kier molecular flexibility index (Phi) is 5.44. The van der Waals surface area contributed by atoms with E-state index in [9.17, 15) is 0 Å². The molecule has 0 aliphatic rings. The monoisotopic (exact) mass is 293 g/mol. The minimum atomic E-state index is 0.203. The summed E-state index contributed by atoms with van der Waals surface area (Å²) in [6.45, 7) is 5.27. The van der Waals surface area contributed by atoms with Crippen molar-refractivity contribution in [2.24, 2.45) is 0 Å². The highest BCUT2D eigenvalue weighted by Gasteiger charge is 2.17. The summed E-state index contributed by atoms with van der Waals surface area (Å²) >= 11 is 8.01. The SMILES string of the molecule is CCCc1cccc(C(NCC)c2sccc2Cl)c1. The second kappa shape index (κ2) is 7.09. The Morgan fingerprint density at radius 3 is 2.74 bits per heavy atom. The lowest BCUT2D eigenvalue weighted by atomic mass is 10.0. The zero-order chi connectivity index (χ0) is 13.7. The molecule has 0 fully saturated rings. The minimum Gasteiger partial charge on any atom is -0.306 e. The summed E-state index contributed by atoms with van der Waals surface area (Å²) in [4.78, 5) is 1.21. The van der Waals surface area contributed by atoms with Gasteiger partial charge in [-0.2, -0.15) is 0 Å². The maximum Gasteiger partial charge on any atom is 0.0686 e. The van der Waals surface area contributed by atoms with Gasteiger partial charge in [-0.1, -0.05) is 56.1 Å². The average Bonchev–Trinajstić information content (AvgIpc) is 2.83. The second-order valence-electron chi connectivity index (χ2n) is 4.62. The molecule has 3 heteroatoms. The van der Waals surface area contributed by atoms with Crippen molar-refractivity contribution in [3.63, 3.8) is 0 Å². The van der Waals surface area contributed by atoms with Gasteiger partial charge < -0.3 is 5.32 Å². The van der Waals surface area contributed by atoms with E-state index >= 15 is 0 Å². The number of rotatable bonds is 6. The van der Waals surface area contributed by atoms with Crippen molar-refractivity contribution in [3.05, 3.63) is 56.7 Å². The molecule has 1 atom stereocenters. The number of halogens is 1. The van der Waals surface area contributed by atoms with Crippen LogP contribution in [-0.4, -0.2) is 6.54 Å². The van der Waals surface area contributed by atoms with Crippen LogP contribution < -0.4 is 5.32 Å². The number of benzene rings is 1. The van der Waals surface area contributed by atoms with E-state index in [1.807, 2.05) is 6.07 Å². The quantitative estimate of drug-likeness (QED) is 0.785. The third kappa shape index (κ3) is 3.59. The summed E-state index contributed by atoms with van der Waals surface area (Å²) in [7, 11) is 0. The summed E-state index contributed by atoms with van der Waals surface area (Å²) in [5, 5.41) is 6.45. The number of nitrogens with one attached hydrogen (secondary N) is 1. The maximum atomic E-state index is 6.29. The Bertz CT molecular complexity index is 521. The number of hydrogen-bond donors (Lipinski definition) is 1. The third-order valence-electron chi connectivity index (χ3n) is 3.14. The zero-order valence-electron chi connectivity index (χ0n) is 11.4. The van der Waals surface area contributed by atoms with E-state index in [1.54, 1.807) is 11.3 Å². The molecule has 1 N–H and O–H groups in total. The van der Waals surface area contributed by atoms with E-state index in [2.05, 4.69) is 48.8 Å². The van der Waals surface area contributed by atoms with Crippen LogP contribution in [0.4, 0.5) is 0 Å². The highest BCUT2D eigenvalue weighted by molar-refractivity contribution is 7.10. The molecule has 0 saturated carbocycles. The molecule has 1 nitrogen and oxygen atoms in total. The lowest BCUT2D eigenvalue weighted by Gasteiger charge is -2.18. The first-order chi connectivity index (χ1) is 9.26.